The highest BCUT2D eigenvalue weighted by Crippen LogP contribution is 2.20. The predicted octanol–water partition coefficient (Wildman–Crippen LogP) is 1.95. The van der Waals surface area contributed by atoms with Crippen LogP contribution in [0.25, 0.3) is 0 Å². The molecule has 0 bridgehead atoms. The quantitative estimate of drug-likeness (QED) is 0.915. The van der Waals surface area contributed by atoms with Crippen molar-refractivity contribution in [2.45, 2.75) is 57.9 Å². The molecule has 0 spiro atoms. The summed E-state index contributed by atoms with van der Waals surface area (Å²) in [6.07, 6.45) is 7.45. The zero-order chi connectivity index (χ0) is 16.9. The van der Waals surface area contributed by atoms with Crippen LogP contribution in [-0.4, -0.2) is 46.0 Å². The second kappa shape index (κ2) is 7.73. The number of nitrogens with one attached hydrogen (secondary N) is 1. The van der Waals surface area contributed by atoms with Crippen LogP contribution in [0.5, 0.6) is 0 Å². The second-order valence-corrected chi connectivity index (χ2v) is 7.04. The fraction of sp³-hybridized carbons (Fsp3) is 0.667. The molecule has 2 aliphatic rings. The normalized spacial score (nSPS) is 21.7. The van der Waals surface area contributed by atoms with Gasteiger partial charge in [-0.25, -0.2) is 0 Å². The van der Waals surface area contributed by atoms with E-state index in [9.17, 15) is 9.59 Å². The molecule has 1 aliphatic heterocycles. The first kappa shape index (κ1) is 16.9. The maximum Gasteiger partial charge on any atom is 0.272 e. The Kier molecular flexibility index (Phi) is 5.43. The highest BCUT2D eigenvalue weighted by Gasteiger charge is 2.23. The Morgan fingerprint density at radius 3 is 2.62 bits per heavy atom. The van der Waals surface area contributed by atoms with E-state index in [1.807, 2.05) is 11.0 Å². The van der Waals surface area contributed by atoms with Gasteiger partial charge in [0.1, 0.15) is 0 Å². The minimum Gasteiger partial charge on any atom is -0.348 e. The molecule has 3 rings (SSSR count). The average molecular weight is 330 g/mol. The van der Waals surface area contributed by atoms with Crippen LogP contribution in [0.3, 0.4) is 0 Å². The third-order valence-corrected chi connectivity index (χ3v) is 5.10. The van der Waals surface area contributed by atoms with Crippen LogP contribution in [0, 0.1) is 5.92 Å². The van der Waals surface area contributed by atoms with E-state index >= 15 is 0 Å². The molecule has 130 valence electrons. The second-order valence-electron chi connectivity index (χ2n) is 7.04. The number of rotatable bonds is 4. The van der Waals surface area contributed by atoms with Gasteiger partial charge in [0.25, 0.3) is 5.91 Å². The van der Waals surface area contributed by atoms with Crippen LogP contribution in [0.15, 0.2) is 12.1 Å². The Labute approximate surface area is 143 Å². The molecular formula is C18H26N4O2. The van der Waals surface area contributed by atoms with Gasteiger partial charge < -0.3 is 10.2 Å². The summed E-state index contributed by atoms with van der Waals surface area (Å²) in [5.74, 6) is 0.446. The third-order valence-electron chi connectivity index (χ3n) is 5.10. The highest BCUT2D eigenvalue weighted by molar-refractivity contribution is 5.92. The Morgan fingerprint density at radius 2 is 1.96 bits per heavy atom. The summed E-state index contributed by atoms with van der Waals surface area (Å²) < 4.78 is 0. The number of likely N-dealkylation sites (tertiary alicyclic amines) is 1. The Bertz CT molecular complexity index is 581. The number of carbonyl (C=O) groups excluding carboxylic acids is 2. The number of nitrogens with zero attached hydrogens (tertiary/aromatic N) is 3. The number of amides is 2. The SMILES string of the molecule is CC(=O)N1CCC[C@H](Cc2ccc(C(=O)NC3CCCC3)nn2)C1. The van der Waals surface area contributed by atoms with E-state index in [0.29, 0.717) is 17.7 Å². The minimum atomic E-state index is -0.124. The van der Waals surface area contributed by atoms with E-state index in [1.54, 1.807) is 13.0 Å². The highest BCUT2D eigenvalue weighted by atomic mass is 16.2. The summed E-state index contributed by atoms with van der Waals surface area (Å²) >= 11 is 0. The molecule has 1 aromatic heterocycles. The predicted molar refractivity (Wildman–Crippen MR) is 90.4 cm³/mol. The van der Waals surface area contributed by atoms with Crippen molar-refractivity contribution in [3.63, 3.8) is 0 Å². The van der Waals surface area contributed by atoms with Gasteiger partial charge in [0.15, 0.2) is 5.69 Å². The molecule has 2 heterocycles. The van der Waals surface area contributed by atoms with Gasteiger partial charge in [-0.15, -0.1) is 5.10 Å². The third kappa shape index (κ3) is 4.30. The van der Waals surface area contributed by atoms with Crippen LogP contribution in [-0.2, 0) is 11.2 Å². The average Bonchev–Trinajstić information content (AvgIpc) is 3.08. The largest absolute Gasteiger partial charge is 0.348 e. The number of carbonyl (C=O) groups is 2. The number of aromatic nitrogens is 2. The van der Waals surface area contributed by atoms with E-state index in [4.69, 9.17) is 0 Å². The van der Waals surface area contributed by atoms with Crippen LogP contribution < -0.4 is 5.32 Å². The molecule has 1 N–H and O–H groups in total. The van der Waals surface area contributed by atoms with Crippen molar-refractivity contribution in [2.24, 2.45) is 5.92 Å². The van der Waals surface area contributed by atoms with Crippen molar-refractivity contribution >= 4 is 11.8 Å². The van der Waals surface area contributed by atoms with Crippen LogP contribution in [0.1, 0.15) is 61.6 Å². The smallest absolute Gasteiger partial charge is 0.272 e. The Balaban J connectivity index is 1.54. The fourth-order valence-electron chi connectivity index (χ4n) is 3.73. The lowest BCUT2D eigenvalue weighted by Gasteiger charge is -2.31. The van der Waals surface area contributed by atoms with Gasteiger partial charge in [-0.1, -0.05) is 12.8 Å². The lowest BCUT2D eigenvalue weighted by atomic mass is 9.93. The number of hydrogen-bond donors (Lipinski definition) is 1. The molecule has 1 atom stereocenters. The summed E-state index contributed by atoms with van der Waals surface area (Å²) in [4.78, 5) is 25.6. The van der Waals surface area contributed by atoms with Crippen LogP contribution >= 0.6 is 0 Å². The summed E-state index contributed by atoms with van der Waals surface area (Å²) in [6, 6.07) is 3.94. The lowest BCUT2D eigenvalue weighted by Crippen LogP contribution is -2.39. The van der Waals surface area contributed by atoms with Crippen LogP contribution in [0.2, 0.25) is 0 Å². The standard InChI is InChI=1S/C18H26N4O2/c1-13(23)22-10-4-5-14(12-22)11-16-8-9-17(21-20-16)18(24)19-15-6-2-3-7-15/h8-9,14-15H,2-7,10-12H2,1H3,(H,19,24)/t14-/m1/s1. The van der Waals surface area contributed by atoms with Gasteiger partial charge in [0, 0.05) is 26.1 Å². The summed E-state index contributed by atoms with van der Waals surface area (Å²) in [6.45, 7) is 3.28. The first-order chi connectivity index (χ1) is 11.6. The van der Waals surface area contributed by atoms with E-state index in [2.05, 4.69) is 15.5 Å². The number of hydrogen-bond acceptors (Lipinski definition) is 4. The molecule has 0 aromatic carbocycles. The van der Waals surface area contributed by atoms with Gasteiger partial charge in [0.2, 0.25) is 5.91 Å². The molecular weight excluding hydrogens is 304 g/mol. The molecule has 2 fully saturated rings. The zero-order valence-electron chi connectivity index (χ0n) is 14.3. The summed E-state index contributed by atoms with van der Waals surface area (Å²) in [5, 5.41) is 11.4. The summed E-state index contributed by atoms with van der Waals surface area (Å²) in [5.41, 5.74) is 1.28. The molecule has 2 amide bonds. The minimum absolute atomic E-state index is 0.124. The van der Waals surface area contributed by atoms with Gasteiger partial charge in [0.05, 0.1) is 5.69 Å². The molecule has 1 saturated heterocycles. The van der Waals surface area contributed by atoms with E-state index in [0.717, 1.165) is 50.9 Å². The maximum absolute atomic E-state index is 12.2. The van der Waals surface area contributed by atoms with Gasteiger partial charge in [-0.3, -0.25) is 9.59 Å². The van der Waals surface area contributed by atoms with Gasteiger partial charge in [-0.2, -0.15) is 5.10 Å². The fourth-order valence-corrected chi connectivity index (χ4v) is 3.73. The lowest BCUT2D eigenvalue weighted by molar-refractivity contribution is -0.130. The van der Waals surface area contributed by atoms with Crippen molar-refractivity contribution in [1.29, 1.82) is 0 Å². The van der Waals surface area contributed by atoms with Crippen molar-refractivity contribution in [3.05, 3.63) is 23.5 Å². The first-order valence-corrected chi connectivity index (χ1v) is 9.01. The van der Waals surface area contributed by atoms with E-state index < -0.39 is 0 Å². The molecule has 6 nitrogen and oxygen atoms in total. The Morgan fingerprint density at radius 1 is 1.17 bits per heavy atom. The Hall–Kier alpha value is -1.98. The summed E-state index contributed by atoms with van der Waals surface area (Å²) in [7, 11) is 0. The van der Waals surface area contributed by atoms with Crippen molar-refractivity contribution in [2.75, 3.05) is 13.1 Å². The van der Waals surface area contributed by atoms with Crippen molar-refractivity contribution in [1.82, 2.24) is 20.4 Å². The van der Waals surface area contributed by atoms with Crippen LogP contribution in [0.4, 0.5) is 0 Å². The molecule has 6 heteroatoms. The van der Waals surface area contributed by atoms with E-state index in [-0.39, 0.29) is 11.8 Å². The molecule has 1 aliphatic carbocycles. The van der Waals surface area contributed by atoms with Crippen molar-refractivity contribution in [3.8, 4) is 0 Å². The monoisotopic (exact) mass is 330 g/mol. The molecule has 24 heavy (non-hydrogen) atoms. The maximum atomic E-state index is 12.2. The van der Waals surface area contributed by atoms with Gasteiger partial charge in [-0.05, 0) is 50.2 Å². The first-order valence-electron chi connectivity index (χ1n) is 9.01. The van der Waals surface area contributed by atoms with Gasteiger partial charge >= 0.3 is 0 Å². The van der Waals surface area contributed by atoms with Crippen molar-refractivity contribution < 1.29 is 9.59 Å². The molecule has 0 unspecified atom stereocenters. The molecule has 0 radical (unpaired) electrons. The van der Waals surface area contributed by atoms with E-state index in [1.165, 1.54) is 12.8 Å². The molecule has 1 saturated carbocycles. The zero-order valence-corrected chi connectivity index (χ0v) is 14.3. The number of piperidine rings is 1. The molecule has 1 aromatic rings. The topological polar surface area (TPSA) is 75.2 Å².